The molecule has 4 N–H and O–H groups in total. The molecule has 3 aliphatic heterocycles. The van der Waals surface area contributed by atoms with Crippen molar-refractivity contribution in [1.82, 2.24) is 50.2 Å². The maximum Gasteiger partial charge on any atom is 0.407 e. The summed E-state index contributed by atoms with van der Waals surface area (Å²) in [7, 11) is 4.14. The molecule has 0 aliphatic carbocycles. The fourth-order valence-electron chi connectivity index (χ4n) is 9.14. The number of rotatable bonds is 12. The van der Waals surface area contributed by atoms with Gasteiger partial charge in [0, 0.05) is 19.6 Å². The predicted octanol–water partition coefficient (Wildman–Crippen LogP) is 6.85. The van der Waals surface area contributed by atoms with E-state index in [2.05, 4.69) is 25.6 Å². The van der Waals surface area contributed by atoms with Crippen LogP contribution >= 0.6 is 0 Å². The van der Waals surface area contributed by atoms with Crippen molar-refractivity contribution in [1.29, 1.82) is 0 Å². The molecule has 2 fully saturated rings. The summed E-state index contributed by atoms with van der Waals surface area (Å²) < 4.78 is 15.0. The number of likely N-dealkylation sites (tertiary alicyclic amines) is 1. The zero-order valence-corrected chi connectivity index (χ0v) is 38.9. The van der Waals surface area contributed by atoms with E-state index in [0.717, 1.165) is 63.4 Å². The Morgan fingerprint density at radius 3 is 1.67 bits per heavy atom. The van der Waals surface area contributed by atoms with Crippen LogP contribution < -0.4 is 15.4 Å². The number of nitrogens with zero attached hydrogens (tertiary/aromatic N) is 6. The number of alkyl carbamates (subject to hydrolysis) is 2. The first-order chi connectivity index (χ1) is 32.3. The summed E-state index contributed by atoms with van der Waals surface area (Å²) in [6.45, 7) is 9.09. The van der Waals surface area contributed by atoms with Gasteiger partial charge in [0.15, 0.2) is 0 Å². The number of ether oxygens (including phenoxy) is 3. The molecule has 3 aliphatic rings. The number of H-pyrrole nitrogens is 2. The van der Waals surface area contributed by atoms with Crippen LogP contribution in [-0.4, -0.2) is 123 Å². The van der Waals surface area contributed by atoms with E-state index in [1.807, 2.05) is 94.4 Å². The molecule has 5 heterocycles. The molecule has 18 nitrogen and oxygen atoms in total. The first-order valence-corrected chi connectivity index (χ1v) is 22.6. The molecule has 18 heteroatoms. The summed E-state index contributed by atoms with van der Waals surface area (Å²) in [5.74, 6) is 1.03. The molecule has 0 spiro atoms. The van der Waals surface area contributed by atoms with Gasteiger partial charge in [-0.2, -0.15) is 0 Å². The minimum Gasteiger partial charge on any atom is -0.497 e. The first-order valence-electron chi connectivity index (χ1n) is 22.6. The lowest BCUT2D eigenvalue weighted by molar-refractivity contribution is -0.136. The number of carbonyl (C=O) groups is 5. The lowest BCUT2D eigenvalue weighted by Gasteiger charge is -2.30. The van der Waals surface area contributed by atoms with E-state index < -0.39 is 30.3 Å². The number of aromatic nitrogens is 4. The van der Waals surface area contributed by atoms with Crippen molar-refractivity contribution >= 4 is 30.0 Å². The molecule has 2 aromatic heterocycles. The molecule has 3 aromatic carbocycles. The second kappa shape index (κ2) is 19.6. The van der Waals surface area contributed by atoms with Crippen LogP contribution in [0.4, 0.5) is 14.4 Å². The minimum atomic E-state index is -0.900. The van der Waals surface area contributed by atoms with E-state index in [4.69, 9.17) is 19.2 Å². The molecule has 4 atom stereocenters. The van der Waals surface area contributed by atoms with Gasteiger partial charge in [-0.15, -0.1) is 0 Å². The molecule has 5 aromatic rings. The number of aromatic amines is 2. The number of urea groups is 1. The van der Waals surface area contributed by atoms with Gasteiger partial charge in [0.1, 0.15) is 35.5 Å². The average Bonchev–Trinajstić information content (AvgIpc) is 4.21. The third kappa shape index (κ3) is 9.64. The first kappa shape index (κ1) is 46.2. The van der Waals surface area contributed by atoms with Crippen molar-refractivity contribution in [3.05, 3.63) is 102 Å². The van der Waals surface area contributed by atoms with Crippen molar-refractivity contribution in [3.8, 4) is 39.4 Å². The summed E-state index contributed by atoms with van der Waals surface area (Å²) >= 11 is 0. The molecule has 2 saturated heterocycles. The van der Waals surface area contributed by atoms with Gasteiger partial charge in [-0.05, 0) is 70.2 Å². The van der Waals surface area contributed by atoms with Crippen LogP contribution in [0.2, 0.25) is 0 Å². The summed E-state index contributed by atoms with van der Waals surface area (Å²) in [5, 5.41) is 5.38. The minimum absolute atomic E-state index is 0.00620. The van der Waals surface area contributed by atoms with Crippen molar-refractivity contribution in [2.24, 2.45) is 11.8 Å². The van der Waals surface area contributed by atoms with Crippen molar-refractivity contribution in [2.45, 2.75) is 77.8 Å². The van der Waals surface area contributed by atoms with Gasteiger partial charge in [0.05, 0.1) is 64.4 Å². The molecule has 352 valence electrons. The van der Waals surface area contributed by atoms with Gasteiger partial charge in [-0.25, -0.2) is 24.4 Å². The van der Waals surface area contributed by atoms with Gasteiger partial charge >= 0.3 is 18.2 Å². The predicted molar refractivity (Wildman–Crippen MR) is 248 cm³/mol. The van der Waals surface area contributed by atoms with Crippen LogP contribution in [0.25, 0.3) is 33.6 Å². The van der Waals surface area contributed by atoms with Crippen LogP contribution in [-0.2, 0) is 32.2 Å². The number of amides is 6. The van der Waals surface area contributed by atoms with Crippen LogP contribution in [0.1, 0.15) is 75.4 Å². The maximum absolute atomic E-state index is 14.3. The Labute approximate surface area is 389 Å². The van der Waals surface area contributed by atoms with Gasteiger partial charge in [-0.1, -0.05) is 82.3 Å². The van der Waals surface area contributed by atoms with E-state index >= 15 is 0 Å². The lowest BCUT2D eigenvalue weighted by atomic mass is 10.0. The molecular formula is C49H58N10O8. The van der Waals surface area contributed by atoms with Crippen LogP contribution in [0.15, 0.2) is 79.1 Å². The standard InChI is InChI=1S/C49H58N10O8/c1-28(2)41(54-47(62)66-6)45(60)58-20-8-9-39(58)43-50-22-37(52-43)32-14-10-30(11-15-32)31-12-16-33(17-13-31)38-23-51-44(53-38)40-26-57(27-59(40)46(61)42(29(3)4)55-48(63)67-7)49(64)56-24-34-18-19-36(65-5)21-35(34)25-56/h10-19,21-23,28-29,39-42H,8-9,20,24-27H2,1-7H3,(H,50,52)(H,51,53)(H,54,62)(H,55,63)/t39?,40?,41-,42-/m0/s1. The van der Waals surface area contributed by atoms with Crippen LogP contribution in [0.3, 0.4) is 0 Å². The Morgan fingerprint density at radius 2 is 1.15 bits per heavy atom. The number of hydrogen-bond acceptors (Lipinski definition) is 10. The largest absolute Gasteiger partial charge is 0.497 e. The molecular weight excluding hydrogens is 857 g/mol. The Hall–Kier alpha value is -7.37. The summed E-state index contributed by atoms with van der Waals surface area (Å²) in [4.78, 5) is 89.5. The normalized spacial score (nSPS) is 17.7. The van der Waals surface area contributed by atoms with Gasteiger partial charge in [0.2, 0.25) is 11.8 Å². The number of imidazole rings is 2. The Kier molecular flexibility index (Phi) is 13.5. The molecule has 8 rings (SSSR count). The van der Waals surface area contributed by atoms with Crippen molar-refractivity contribution < 1.29 is 38.2 Å². The highest BCUT2D eigenvalue weighted by Crippen LogP contribution is 2.36. The summed E-state index contributed by atoms with van der Waals surface area (Å²) in [6, 6.07) is 19.3. The zero-order valence-electron chi connectivity index (χ0n) is 38.9. The maximum atomic E-state index is 14.3. The molecule has 6 amide bonds. The third-order valence-electron chi connectivity index (χ3n) is 12.9. The summed E-state index contributed by atoms with van der Waals surface area (Å²) in [5.41, 5.74) is 7.46. The Balaban J connectivity index is 0.959. The van der Waals surface area contributed by atoms with Crippen LogP contribution in [0, 0.1) is 11.8 Å². The van der Waals surface area contributed by atoms with Crippen molar-refractivity contribution in [3.63, 3.8) is 0 Å². The number of nitrogens with one attached hydrogen (secondary N) is 4. The van der Waals surface area contributed by atoms with E-state index in [1.54, 1.807) is 39.1 Å². The monoisotopic (exact) mass is 914 g/mol. The highest BCUT2D eigenvalue weighted by atomic mass is 16.5. The highest BCUT2D eigenvalue weighted by molar-refractivity contribution is 5.88. The molecule has 0 bridgehead atoms. The van der Waals surface area contributed by atoms with E-state index in [0.29, 0.717) is 31.3 Å². The Bertz CT molecular complexity index is 2610. The third-order valence-corrected chi connectivity index (χ3v) is 12.9. The smallest absolute Gasteiger partial charge is 0.407 e. The topological polar surface area (TPSA) is 207 Å². The molecule has 67 heavy (non-hydrogen) atoms. The lowest BCUT2D eigenvalue weighted by Crippen LogP contribution is -2.52. The number of benzene rings is 3. The number of carbonyl (C=O) groups excluding carboxylic acids is 5. The second-order valence-corrected chi connectivity index (χ2v) is 17.9. The SMILES string of the molecule is COC(=O)N[C@H](C(=O)N1CCCC1c1ncc(-c2ccc(-c3ccc(-c4cnc(C5CN(C(=O)N6Cc7ccc(OC)cc7C6)CN5C(=O)[C@@H](NC(=O)OC)C(C)C)[nH]4)cc3)cc2)[nH]1)C(C)C. The second-order valence-electron chi connectivity index (χ2n) is 17.9. The van der Waals surface area contributed by atoms with E-state index in [9.17, 15) is 24.0 Å². The highest BCUT2D eigenvalue weighted by Gasteiger charge is 2.44. The Morgan fingerprint density at radius 1 is 0.642 bits per heavy atom. The fraction of sp³-hybridized carbons (Fsp3) is 0.408. The number of hydrogen-bond donors (Lipinski definition) is 4. The fourth-order valence-corrected chi connectivity index (χ4v) is 9.14. The van der Waals surface area contributed by atoms with Crippen LogP contribution in [0.5, 0.6) is 5.75 Å². The number of methoxy groups -OCH3 is 3. The van der Waals surface area contributed by atoms with Gasteiger partial charge in [-0.3, -0.25) is 9.59 Å². The average molecular weight is 915 g/mol. The molecule has 0 saturated carbocycles. The van der Waals surface area contributed by atoms with E-state index in [1.165, 1.54) is 14.2 Å². The molecule has 2 unspecified atom stereocenters. The van der Waals surface area contributed by atoms with Gasteiger partial charge < -0.3 is 54.4 Å². The number of fused-ring (bicyclic) bond motifs is 1. The summed E-state index contributed by atoms with van der Waals surface area (Å²) in [6.07, 6.45) is 3.74. The molecule has 0 radical (unpaired) electrons. The van der Waals surface area contributed by atoms with Crippen molar-refractivity contribution in [2.75, 3.05) is 41.1 Å². The van der Waals surface area contributed by atoms with E-state index in [-0.39, 0.29) is 48.9 Å². The van der Waals surface area contributed by atoms with Gasteiger partial charge in [0.25, 0.3) is 0 Å². The quantitative estimate of drug-likeness (QED) is 0.102. The zero-order chi connectivity index (χ0) is 47.5.